The summed E-state index contributed by atoms with van der Waals surface area (Å²) in [5, 5.41) is 15.1. The van der Waals surface area contributed by atoms with E-state index < -0.39 is 22.9 Å². The van der Waals surface area contributed by atoms with Gasteiger partial charge < -0.3 is 10.1 Å². The Hall–Kier alpha value is -3.74. The number of benzene rings is 3. The molecule has 0 bridgehead atoms. The van der Waals surface area contributed by atoms with Crippen molar-refractivity contribution in [2.75, 3.05) is 5.32 Å². The first-order chi connectivity index (χ1) is 13.0. The molecule has 0 saturated carbocycles. The van der Waals surface area contributed by atoms with Crippen LogP contribution in [0.5, 0.6) is 0 Å². The second-order valence-corrected chi connectivity index (χ2v) is 5.84. The monoisotopic (exact) mass is 364 g/mol. The number of nitro benzene ring substituents is 1. The van der Waals surface area contributed by atoms with Crippen LogP contribution >= 0.6 is 0 Å². The van der Waals surface area contributed by atoms with Crippen LogP contribution in [-0.2, 0) is 9.53 Å². The molecule has 0 aromatic heterocycles. The first-order valence-electron chi connectivity index (χ1n) is 8.20. The molecular formula is C20H16N2O5. The molecule has 3 aromatic carbocycles. The smallest absolute Gasteiger partial charge is 0.339 e. The highest BCUT2D eigenvalue weighted by molar-refractivity contribution is 6.05. The van der Waals surface area contributed by atoms with Crippen molar-refractivity contribution < 1.29 is 19.2 Å². The Labute approximate surface area is 154 Å². The van der Waals surface area contributed by atoms with Gasteiger partial charge in [0.1, 0.15) is 5.69 Å². The van der Waals surface area contributed by atoms with Gasteiger partial charge in [0.2, 0.25) is 0 Å². The molecule has 0 heterocycles. The average Bonchev–Trinajstić information content (AvgIpc) is 2.67. The number of esters is 1. The minimum Gasteiger partial charge on any atom is -0.449 e. The van der Waals surface area contributed by atoms with Crippen LogP contribution in [0, 0.1) is 10.1 Å². The van der Waals surface area contributed by atoms with Crippen LogP contribution in [-0.4, -0.2) is 22.9 Å². The molecule has 0 radical (unpaired) electrons. The minimum atomic E-state index is -1.13. The van der Waals surface area contributed by atoms with Gasteiger partial charge in [0.15, 0.2) is 6.10 Å². The molecule has 1 N–H and O–H groups in total. The fraction of sp³-hybridized carbons (Fsp3) is 0.100. The highest BCUT2D eigenvalue weighted by Crippen LogP contribution is 2.24. The summed E-state index contributed by atoms with van der Waals surface area (Å²) >= 11 is 0. The van der Waals surface area contributed by atoms with E-state index in [9.17, 15) is 19.7 Å². The molecule has 0 aliphatic heterocycles. The molecule has 27 heavy (non-hydrogen) atoms. The van der Waals surface area contributed by atoms with E-state index in [-0.39, 0.29) is 11.4 Å². The lowest BCUT2D eigenvalue weighted by Crippen LogP contribution is -2.30. The van der Waals surface area contributed by atoms with Crippen LogP contribution in [0.4, 0.5) is 11.4 Å². The number of nitrogens with zero attached hydrogens (tertiary/aromatic N) is 1. The highest BCUT2D eigenvalue weighted by Gasteiger charge is 2.22. The zero-order valence-electron chi connectivity index (χ0n) is 14.4. The van der Waals surface area contributed by atoms with Crippen molar-refractivity contribution in [1.82, 2.24) is 0 Å². The Morgan fingerprint density at radius 1 is 1.00 bits per heavy atom. The van der Waals surface area contributed by atoms with Crippen molar-refractivity contribution >= 4 is 34.0 Å². The molecule has 3 rings (SSSR count). The molecule has 0 aliphatic rings. The summed E-state index contributed by atoms with van der Waals surface area (Å²) in [5.74, 6) is -1.30. The molecule has 0 aliphatic carbocycles. The third-order valence-electron chi connectivity index (χ3n) is 4.02. The van der Waals surface area contributed by atoms with Gasteiger partial charge >= 0.3 is 5.97 Å². The molecule has 0 fully saturated rings. The lowest BCUT2D eigenvalue weighted by atomic mass is 10.0. The fourth-order valence-corrected chi connectivity index (χ4v) is 2.65. The van der Waals surface area contributed by atoms with E-state index >= 15 is 0 Å². The van der Waals surface area contributed by atoms with E-state index in [4.69, 9.17) is 4.74 Å². The zero-order valence-corrected chi connectivity index (χ0v) is 14.4. The predicted molar refractivity (Wildman–Crippen MR) is 101 cm³/mol. The second kappa shape index (κ2) is 7.65. The van der Waals surface area contributed by atoms with Crippen LogP contribution in [0.2, 0.25) is 0 Å². The van der Waals surface area contributed by atoms with Crippen LogP contribution in [0.3, 0.4) is 0 Å². The summed E-state index contributed by atoms with van der Waals surface area (Å²) in [7, 11) is 0. The van der Waals surface area contributed by atoms with Crippen LogP contribution < -0.4 is 5.32 Å². The third-order valence-corrected chi connectivity index (χ3v) is 4.02. The maximum atomic E-state index is 12.5. The number of hydrogen-bond acceptors (Lipinski definition) is 5. The number of hydrogen-bond donors (Lipinski definition) is 1. The van der Waals surface area contributed by atoms with Crippen molar-refractivity contribution in [3.05, 3.63) is 82.4 Å². The van der Waals surface area contributed by atoms with Gasteiger partial charge in [-0.2, -0.15) is 0 Å². The van der Waals surface area contributed by atoms with Gasteiger partial charge in [0.25, 0.3) is 11.6 Å². The molecule has 0 unspecified atom stereocenters. The first kappa shape index (κ1) is 18.1. The molecule has 0 spiro atoms. The van der Waals surface area contributed by atoms with Crippen molar-refractivity contribution in [3.8, 4) is 0 Å². The molecule has 3 aromatic rings. The summed E-state index contributed by atoms with van der Waals surface area (Å²) in [4.78, 5) is 35.2. The maximum absolute atomic E-state index is 12.5. The molecular weight excluding hydrogens is 348 g/mol. The van der Waals surface area contributed by atoms with Gasteiger partial charge in [-0.3, -0.25) is 14.9 Å². The topological polar surface area (TPSA) is 98.5 Å². The lowest BCUT2D eigenvalue weighted by molar-refractivity contribution is -0.383. The Kier molecular flexibility index (Phi) is 5.12. The Bertz CT molecular complexity index is 1030. The van der Waals surface area contributed by atoms with Crippen molar-refractivity contribution in [3.63, 3.8) is 0 Å². The quantitative estimate of drug-likeness (QED) is 0.420. The maximum Gasteiger partial charge on any atom is 0.339 e. The highest BCUT2D eigenvalue weighted by atomic mass is 16.6. The van der Waals surface area contributed by atoms with Gasteiger partial charge in [-0.1, -0.05) is 48.5 Å². The van der Waals surface area contributed by atoms with Crippen LogP contribution in [0.25, 0.3) is 10.8 Å². The van der Waals surface area contributed by atoms with E-state index in [1.54, 1.807) is 24.3 Å². The number of ether oxygens (including phenoxy) is 1. The summed E-state index contributed by atoms with van der Waals surface area (Å²) < 4.78 is 5.26. The molecule has 7 nitrogen and oxygen atoms in total. The van der Waals surface area contributed by atoms with Crippen molar-refractivity contribution in [2.45, 2.75) is 13.0 Å². The van der Waals surface area contributed by atoms with Gasteiger partial charge in [-0.15, -0.1) is 0 Å². The first-order valence-corrected chi connectivity index (χ1v) is 8.20. The fourth-order valence-electron chi connectivity index (χ4n) is 2.65. The Balaban J connectivity index is 1.75. The number of nitrogens with one attached hydrogen (secondary N) is 1. The summed E-state index contributed by atoms with van der Waals surface area (Å²) in [5.41, 5.74) is 0.150. The van der Waals surface area contributed by atoms with Crippen molar-refractivity contribution in [1.29, 1.82) is 0 Å². The molecule has 1 amide bonds. The van der Waals surface area contributed by atoms with E-state index in [0.717, 1.165) is 10.8 Å². The van der Waals surface area contributed by atoms with Crippen LogP contribution in [0.15, 0.2) is 66.7 Å². The molecule has 7 heteroatoms. The summed E-state index contributed by atoms with van der Waals surface area (Å²) in [6.45, 7) is 1.41. The van der Waals surface area contributed by atoms with Crippen LogP contribution in [0.1, 0.15) is 17.3 Å². The van der Waals surface area contributed by atoms with E-state index in [1.165, 1.54) is 25.1 Å². The number of rotatable bonds is 5. The number of nitro groups is 1. The van der Waals surface area contributed by atoms with Gasteiger partial charge in [-0.25, -0.2) is 4.79 Å². The molecule has 136 valence electrons. The summed E-state index contributed by atoms with van der Waals surface area (Å²) in [6.07, 6.45) is -1.13. The standard InChI is InChI=1S/C20H16N2O5/c1-13(19(23)21-17-11-4-5-12-18(17)22(25)26)27-20(24)16-10-6-8-14-7-2-3-9-15(14)16/h2-13H,1H3,(H,21,23)/t13-/m0/s1. The van der Waals surface area contributed by atoms with E-state index in [0.29, 0.717) is 5.56 Å². The Morgan fingerprint density at radius 2 is 1.67 bits per heavy atom. The SMILES string of the molecule is C[C@H](OC(=O)c1cccc2ccccc12)C(=O)Nc1ccccc1[N+](=O)[O-]. The number of amides is 1. The van der Waals surface area contributed by atoms with E-state index in [1.807, 2.05) is 24.3 Å². The number of fused-ring (bicyclic) bond motifs is 1. The Morgan fingerprint density at radius 3 is 2.44 bits per heavy atom. The van der Waals surface area contributed by atoms with Gasteiger partial charge in [-0.05, 0) is 29.8 Å². The molecule has 0 saturated heterocycles. The number of carbonyl (C=O) groups excluding carboxylic acids is 2. The van der Waals surface area contributed by atoms with E-state index in [2.05, 4.69) is 5.32 Å². The normalized spacial score (nSPS) is 11.6. The van der Waals surface area contributed by atoms with Crippen molar-refractivity contribution in [2.24, 2.45) is 0 Å². The third kappa shape index (κ3) is 3.92. The number of carbonyl (C=O) groups is 2. The minimum absolute atomic E-state index is 0.0422. The van der Waals surface area contributed by atoms with Gasteiger partial charge in [0, 0.05) is 6.07 Å². The largest absolute Gasteiger partial charge is 0.449 e. The second-order valence-electron chi connectivity index (χ2n) is 5.84. The predicted octanol–water partition coefficient (Wildman–Crippen LogP) is 3.93. The van der Waals surface area contributed by atoms with Gasteiger partial charge in [0.05, 0.1) is 10.5 Å². The number of para-hydroxylation sites is 2. The molecule has 1 atom stereocenters. The summed E-state index contributed by atoms with van der Waals surface area (Å²) in [6, 6.07) is 18.3. The zero-order chi connectivity index (χ0) is 19.4. The lowest BCUT2D eigenvalue weighted by Gasteiger charge is -2.14. The average molecular weight is 364 g/mol. The number of anilines is 1.